The fourth-order valence-corrected chi connectivity index (χ4v) is 3.23. The predicted molar refractivity (Wildman–Crippen MR) is 81.7 cm³/mol. The predicted octanol–water partition coefficient (Wildman–Crippen LogP) is 2.66. The monoisotopic (exact) mass is 277 g/mol. The molecule has 0 radical (unpaired) electrons. The summed E-state index contributed by atoms with van der Waals surface area (Å²) in [6, 6.07) is 7.98. The van der Waals surface area contributed by atoms with E-state index >= 15 is 0 Å². The number of nitrogens with zero attached hydrogens (tertiary/aromatic N) is 1. The lowest BCUT2D eigenvalue weighted by Gasteiger charge is -2.29. The third-order valence-electron chi connectivity index (χ3n) is 4.43. The molecule has 3 nitrogen and oxygen atoms in total. The summed E-state index contributed by atoms with van der Waals surface area (Å²) in [5.41, 5.74) is 1.65. The van der Waals surface area contributed by atoms with Gasteiger partial charge in [0.05, 0.1) is 11.7 Å². The number of benzene rings is 1. The molecule has 1 aromatic carbocycles. The van der Waals surface area contributed by atoms with Crippen molar-refractivity contribution in [2.45, 2.75) is 50.7 Å². The molecule has 112 valence electrons. The van der Waals surface area contributed by atoms with Crippen LogP contribution in [0.25, 0.3) is 0 Å². The first-order chi connectivity index (χ1) is 9.50. The standard InChI is InChI=1S/C17H27NO2/c1-14-7-3-4-8-15(14)16(19)9-12-18(2)13-17(20)10-5-6-11-17/h3-4,7-8,16,19-20H,5-6,9-13H2,1-2H3. The van der Waals surface area contributed by atoms with Gasteiger partial charge in [-0.2, -0.15) is 0 Å². The van der Waals surface area contributed by atoms with E-state index in [1.165, 1.54) is 0 Å². The number of rotatable bonds is 6. The summed E-state index contributed by atoms with van der Waals surface area (Å²) in [5, 5.41) is 20.7. The van der Waals surface area contributed by atoms with Crippen molar-refractivity contribution in [1.29, 1.82) is 0 Å². The van der Waals surface area contributed by atoms with Crippen LogP contribution in [0.2, 0.25) is 0 Å². The van der Waals surface area contributed by atoms with Gasteiger partial charge in [-0.15, -0.1) is 0 Å². The van der Waals surface area contributed by atoms with Gasteiger partial charge in [-0.05, 0) is 44.4 Å². The highest BCUT2D eigenvalue weighted by Gasteiger charge is 2.32. The van der Waals surface area contributed by atoms with Crippen LogP contribution in [0.3, 0.4) is 0 Å². The molecule has 3 heteroatoms. The first-order valence-corrected chi connectivity index (χ1v) is 7.65. The molecule has 0 spiro atoms. The van der Waals surface area contributed by atoms with E-state index in [0.717, 1.165) is 43.4 Å². The fraction of sp³-hybridized carbons (Fsp3) is 0.647. The van der Waals surface area contributed by atoms with Gasteiger partial charge in [0.15, 0.2) is 0 Å². The van der Waals surface area contributed by atoms with Crippen molar-refractivity contribution in [2.24, 2.45) is 0 Å². The molecular weight excluding hydrogens is 250 g/mol. The van der Waals surface area contributed by atoms with Crippen LogP contribution in [0.1, 0.15) is 49.3 Å². The zero-order chi connectivity index (χ0) is 14.6. The lowest BCUT2D eigenvalue weighted by Crippen LogP contribution is -2.39. The maximum absolute atomic E-state index is 10.4. The summed E-state index contributed by atoms with van der Waals surface area (Å²) in [7, 11) is 2.03. The first kappa shape index (κ1) is 15.5. The van der Waals surface area contributed by atoms with Crippen molar-refractivity contribution in [3.8, 4) is 0 Å². The van der Waals surface area contributed by atoms with Gasteiger partial charge in [0.2, 0.25) is 0 Å². The molecule has 0 saturated heterocycles. The molecule has 0 aromatic heterocycles. The van der Waals surface area contributed by atoms with E-state index < -0.39 is 11.7 Å². The Morgan fingerprint density at radius 1 is 1.25 bits per heavy atom. The number of likely N-dealkylation sites (N-methyl/N-ethyl adjacent to an activating group) is 1. The summed E-state index contributed by atoms with van der Waals surface area (Å²) in [6.07, 6.45) is 4.39. The van der Waals surface area contributed by atoms with Crippen LogP contribution in [0, 0.1) is 6.92 Å². The molecule has 1 aromatic rings. The number of hydrogen-bond acceptors (Lipinski definition) is 3. The van der Waals surface area contributed by atoms with E-state index in [1.807, 2.05) is 38.2 Å². The van der Waals surface area contributed by atoms with Gasteiger partial charge < -0.3 is 15.1 Å². The van der Waals surface area contributed by atoms with Crippen molar-refractivity contribution >= 4 is 0 Å². The summed E-state index contributed by atoms with van der Waals surface area (Å²) in [5.74, 6) is 0. The summed E-state index contributed by atoms with van der Waals surface area (Å²) < 4.78 is 0. The molecule has 1 unspecified atom stereocenters. The molecule has 0 heterocycles. The van der Waals surface area contributed by atoms with Gasteiger partial charge >= 0.3 is 0 Å². The Bertz CT molecular complexity index is 427. The molecule has 0 amide bonds. The molecule has 2 N–H and O–H groups in total. The molecule has 20 heavy (non-hydrogen) atoms. The number of aliphatic hydroxyl groups is 2. The minimum atomic E-state index is -0.498. The van der Waals surface area contributed by atoms with Gasteiger partial charge in [0, 0.05) is 13.1 Å². The lowest BCUT2D eigenvalue weighted by molar-refractivity contribution is 0.0129. The zero-order valence-electron chi connectivity index (χ0n) is 12.7. The number of aliphatic hydroxyl groups excluding tert-OH is 1. The second-order valence-corrected chi connectivity index (χ2v) is 6.33. The minimum absolute atomic E-state index is 0.420. The smallest absolute Gasteiger partial charge is 0.0804 e. The van der Waals surface area contributed by atoms with Crippen LogP contribution < -0.4 is 0 Å². The molecular formula is C17H27NO2. The quantitative estimate of drug-likeness (QED) is 0.840. The van der Waals surface area contributed by atoms with Gasteiger partial charge in [-0.1, -0.05) is 37.1 Å². The zero-order valence-corrected chi connectivity index (χ0v) is 12.7. The first-order valence-electron chi connectivity index (χ1n) is 7.65. The lowest BCUT2D eigenvalue weighted by atomic mass is 10.00. The molecule has 1 aliphatic carbocycles. The summed E-state index contributed by atoms with van der Waals surface area (Å²) in [4.78, 5) is 2.15. The van der Waals surface area contributed by atoms with Crippen LogP contribution in [0.15, 0.2) is 24.3 Å². The van der Waals surface area contributed by atoms with Crippen LogP contribution >= 0.6 is 0 Å². The van der Waals surface area contributed by atoms with Gasteiger partial charge in [0.25, 0.3) is 0 Å². The molecule has 0 aliphatic heterocycles. The van der Waals surface area contributed by atoms with Crippen LogP contribution in [-0.4, -0.2) is 40.9 Å². The third kappa shape index (κ3) is 4.05. The average molecular weight is 277 g/mol. The number of aryl methyl sites for hydroxylation is 1. The third-order valence-corrected chi connectivity index (χ3v) is 4.43. The van der Waals surface area contributed by atoms with E-state index in [2.05, 4.69) is 4.90 Å². The van der Waals surface area contributed by atoms with E-state index in [-0.39, 0.29) is 0 Å². The van der Waals surface area contributed by atoms with E-state index in [1.54, 1.807) is 0 Å². The molecule has 0 bridgehead atoms. The topological polar surface area (TPSA) is 43.7 Å². The second kappa shape index (κ2) is 6.70. The number of hydrogen-bond donors (Lipinski definition) is 2. The summed E-state index contributed by atoms with van der Waals surface area (Å²) in [6.45, 7) is 3.55. The molecule has 1 saturated carbocycles. The summed E-state index contributed by atoms with van der Waals surface area (Å²) >= 11 is 0. The highest BCUT2D eigenvalue weighted by atomic mass is 16.3. The molecule has 1 atom stereocenters. The fourth-order valence-electron chi connectivity index (χ4n) is 3.23. The Morgan fingerprint density at radius 2 is 1.90 bits per heavy atom. The highest BCUT2D eigenvalue weighted by Crippen LogP contribution is 2.30. The SMILES string of the molecule is Cc1ccccc1C(O)CCN(C)CC1(O)CCCC1. The highest BCUT2D eigenvalue weighted by molar-refractivity contribution is 5.27. The molecule has 2 rings (SSSR count). The van der Waals surface area contributed by atoms with Gasteiger partial charge in [-0.25, -0.2) is 0 Å². The Labute approximate surface area is 122 Å². The van der Waals surface area contributed by atoms with Crippen LogP contribution in [-0.2, 0) is 0 Å². The Balaban J connectivity index is 1.81. The Hall–Kier alpha value is -0.900. The van der Waals surface area contributed by atoms with Crippen molar-refractivity contribution in [1.82, 2.24) is 4.90 Å². The Kier molecular flexibility index (Phi) is 5.19. The van der Waals surface area contributed by atoms with E-state index in [9.17, 15) is 10.2 Å². The molecule has 1 aliphatic rings. The maximum atomic E-state index is 10.4. The molecule has 1 fully saturated rings. The maximum Gasteiger partial charge on any atom is 0.0804 e. The minimum Gasteiger partial charge on any atom is -0.389 e. The van der Waals surface area contributed by atoms with Crippen molar-refractivity contribution in [2.75, 3.05) is 20.1 Å². The van der Waals surface area contributed by atoms with Crippen LogP contribution in [0.5, 0.6) is 0 Å². The van der Waals surface area contributed by atoms with Gasteiger partial charge in [0.1, 0.15) is 0 Å². The van der Waals surface area contributed by atoms with Crippen molar-refractivity contribution < 1.29 is 10.2 Å². The van der Waals surface area contributed by atoms with E-state index in [0.29, 0.717) is 13.0 Å². The van der Waals surface area contributed by atoms with Crippen molar-refractivity contribution in [3.63, 3.8) is 0 Å². The van der Waals surface area contributed by atoms with Gasteiger partial charge in [-0.3, -0.25) is 0 Å². The largest absolute Gasteiger partial charge is 0.389 e. The Morgan fingerprint density at radius 3 is 2.55 bits per heavy atom. The normalized spacial score (nSPS) is 19.4. The van der Waals surface area contributed by atoms with E-state index in [4.69, 9.17) is 0 Å². The van der Waals surface area contributed by atoms with Crippen LogP contribution in [0.4, 0.5) is 0 Å². The average Bonchev–Trinajstić information content (AvgIpc) is 2.83. The van der Waals surface area contributed by atoms with Crippen molar-refractivity contribution in [3.05, 3.63) is 35.4 Å². The second-order valence-electron chi connectivity index (χ2n) is 6.33.